The third-order valence-electron chi connectivity index (χ3n) is 20.6. The van der Waals surface area contributed by atoms with Gasteiger partial charge in [-0.2, -0.15) is 39.5 Å². The second kappa shape index (κ2) is 48.7. The molecule has 0 fully saturated rings. The molecule has 6 atom stereocenters. The average molecular weight is 1990 g/mol. The summed E-state index contributed by atoms with van der Waals surface area (Å²) in [4.78, 5) is 176. The molecule has 6 amide bonds. The van der Waals surface area contributed by atoms with Gasteiger partial charge in [-0.3, -0.25) is 43.2 Å². The van der Waals surface area contributed by atoms with Gasteiger partial charge < -0.3 is 92.9 Å². The highest BCUT2D eigenvalue weighted by Crippen LogP contribution is 2.38. The van der Waals surface area contributed by atoms with Crippen LogP contribution < -0.4 is 50.0 Å². The number of alkyl carbamates (subject to hydrolysis) is 2. The minimum atomic E-state index is -5.00. The Morgan fingerprint density at radius 2 is 0.752 bits per heavy atom. The number of alkyl halides is 9. The van der Waals surface area contributed by atoms with Crippen LogP contribution in [0.4, 0.5) is 79.3 Å². The molecule has 6 aromatic rings. The molecule has 3 heterocycles. The summed E-state index contributed by atoms with van der Waals surface area (Å²) < 4.78 is 183. The van der Waals surface area contributed by atoms with E-state index in [-0.39, 0.29) is 121 Å². The largest absolute Gasteiger partial charge is 1.00 e. The number of amides is 6. The van der Waals surface area contributed by atoms with Crippen molar-refractivity contribution in [2.75, 3.05) is 35.8 Å². The molecule has 0 aliphatic rings. The molecule has 0 aliphatic carbocycles. The Balaban J connectivity index is 0.000000957. The van der Waals surface area contributed by atoms with Crippen molar-refractivity contribution in [3.8, 4) is 37.0 Å². The summed E-state index contributed by atoms with van der Waals surface area (Å²) in [5.74, 6) is -9.31. The molecule has 137 heavy (non-hydrogen) atoms. The van der Waals surface area contributed by atoms with Crippen LogP contribution in [0, 0.1) is 125 Å². The fraction of sp³-hybridized carbons (Fsp3) is 0.462. The number of rotatable bonds is 30. The van der Waals surface area contributed by atoms with Crippen molar-refractivity contribution in [1.82, 2.24) is 29.7 Å². The lowest BCUT2D eigenvalue weighted by Crippen LogP contribution is -3.00. The van der Waals surface area contributed by atoms with Gasteiger partial charge in [0, 0.05) is 74.0 Å². The van der Waals surface area contributed by atoms with Gasteiger partial charge in [-0.15, -0.1) is 31.7 Å². The number of Topliss-reactive ketones (excluding diaryl/α,β-unsaturated/α-hetero) is 5. The zero-order chi connectivity index (χ0) is 104. The number of benzene rings is 3. The van der Waals surface area contributed by atoms with E-state index in [1.165, 1.54) is 97.2 Å². The lowest BCUT2D eigenvalue weighted by Gasteiger charge is -2.27. The van der Waals surface area contributed by atoms with E-state index in [0.717, 1.165) is 18.2 Å². The van der Waals surface area contributed by atoms with Crippen LogP contribution in [0.2, 0.25) is 0 Å². The molecule has 0 saturated heterocycles. The molecular formula is C93H112Cl2F12N10O20. The number of carboxylic acids is 1. The summed E-state index contributed by atoms with van der Waals surface area (Å²) in [6.45, 7) is 31.9. The Morgan fingerprint density at radius 3 is 1.02 bits per heavy atom. The number of halogens is 14. The van der Waals surface area contributed by atoms with Gasteiger partial charge in [0.1, 0.15) is 76.6 Å². The third-order valence-corrected chi connectivity index (χ3v) is 20.6. The van der Waals surface area contributed by atoms with Gasteiger partial charge in [0.15, 0.2) is 6.04 Å². The van der Waals surface area contributed by atoms with Crippen molar-refractivity contribution in [2.24, 2.45) is 49.7 Å². The van der Waals surface area contributed by atoms with Crippen LogP contribution in [-0.2, 0) is 87.4 Å². The fourth-order valence-corrected chi connectivity index (χ4v) is 12.7. The number of aliphatic carboxylic acids is 1. The van der Waals surface area contributed by atoms with E-state index in [2.05, 4.69) is 55.4 Å². The Bertz CT molecular complexity index is 5700. The SMILES string of the molecule is C#C[C@@](C)(CO)CC(=O)C(=O)c1c(C)c(C(=O)Nc2ccc(F)c(C(F)(F)F)c2)n(C)c1C.C#C[C@@](C)(COC(=O)[C@@H](NC(=O)OC(C)(C)C)C(C)C)CC(=O)C(=O)c1c(C)c(C(=O)Nc2ccc(F)c(C(F)(F)F)c2)n(C)c1C.C#C[C@@](C)(COC(=O)[C@@H]([NH3+])C(C)C)NC(=O)C(=O)c1c(C)c(C(=O)Nc2ccc(F)c(C(F)(F)F)c2)n(C)c1C.CC(C)[C@H](NC(=O)OC(C)(C)C)C(=O)O.Cl.[Cl-]. The van der Waals surface area contributed by atoms with Gasteiger partial charge in [-0.1, -0.05) is 59.3 Å². The average Bonchev–Trinajstić information content (AvgIpc) is 1.63. The maximum absolute atomic E-state index is 13.7. The predicted octanol–water partition coefficient (Wildman–Crippen LogP) is 11.4. The number of terminal acetylenes is 3. The zero-order valence-electron chi connectivity index (χ0n) is 79.5. The second-order valence-corrected chi connectivity index (χ2v) is 35.2. The predicted molar refractivity (Wildman–Crippen MR) is 476 cm³/mol. The fourth-order valence-electron chi connectivity index (χ4n) is 12.7. The van der Waals surface area contributed by atoms with Crippen LogP contribution in [0.1, 0.15) is 230 Å². The molecule has 0 unspecified atom stereocenters. The van der Waals surface area contributed by atoms with Gasteiger partial charge in [0.25, 0.3) is 29.4 Å². The van der Waals surface area contributed by atoms with Crippen LogP contribution >= 0.6 is 12.4 Å². The second-order valence-electron chi connectivity index (χ2n) is 35.2. The minimum Gasteiger partial charge on any atom is -1.00 e. The van der Waals surface area contributed by atoms with Gasteiger partial charge in [0.2, 0.25) is 23.1 Å². The first-order valence-corrected chi connectivity index (χ1v) is 41.0. The molecule has 3 aromatic carbocycles. The first-order chi connectivity index (χ1) is 61.6. The Morgan fingerprint density at radius 1 is 0.453 bits per heavy atom. The molecule has 0 bridgehead atoms. The summed E-state index contributed by atoms with van der Waals surface area (Å²) in [5, 5.41) is 32.1. The van der Waals surface area contributed by atoms with Crippen molar-refractivity contribution in [1.29, 1.82) is 0 Å². The topological polar surface area (TPSA) is 431 Å². The number of hydrogen-bond acceptors (Lipinski definition) is 19. The van der Waals surface area contributed by atoms with E-state index in [0.29, 0.717) is 36.4 Å². The molecule has 0 radical (unpaired) electrons. The highest BCUT2D eigenvalue weighted by molar-refractivity contribution is 6.46. The van der Waals surface area contributed by atoms with Crippen LogP contribution in [-0.4, -0.2) is 161 Å². The number of quaternary nitrogens is 1. The smallest absolute Gasteiger partial charge is 0.419 e. The number of esters is 2. The summed E-state index contributed by atoms with van der Waals surface area (Å²) in [6.07, 6.45) is -0.910. The molecule has 752 valence electrons. The number of ketones is 5. The lowest BCUT2D eigenvalue weighted by atomic mass is 9.84. The Kier molecular flexibility index (Phi) is 43.3. The number of carbonyl (C=O) groups excluding carboxylic acids is 13. The summed E-state index contributed by atoms with van der Waals surface area (Å²) in [6, 6.07) is 3.26. The summed E-state index contributed by atoms with van der Waals surface area (Å²) in [7, 11) is 4.29. The molecule has 0 saturated carbocycles. The number of ether oxygens (including phenoxy) is 4. The normalized spacial score (nSPS) is 13.3. The minimum absolute atomic E-state index is 0. The number of anilines is 3. The first-order valence-electron chi connectivity index (χ1n) is 41.0. The van der Waals surface area contributed by atoms with E-state index < -0.39 is 220 Å². The van der Waals surface area contributed by atoms with E-state index in [1.807, 2.05) is 0 Å². The monoisotopic (exact) mass is 1990 g/mol. The molecule has 0 spiro atoms. The maximum Gasteiger partial charge on any atom is 0.419 e. The number of carbonyl (C=O) groups is 14. The van der Waals surface area contributed by atoms with E-state index in [9.17, 15) is 125 Å². The number of aliphatic hydroxyl groups excluding tert-OH is 1. The maximum atomic E-state index is 13.7. The number of hydrogen-bond donors (Lipinski definition) is 9. The number of nitrogens with one attached hydrogen (secondary N) is 6. The summed E-state index contributed by atoms with van der Waals surface area (Å²) in [5.41, 5.74) is -7.20. The van der Waals surface area contributed by atoms with Crippen molar-refractivity contribution in [2.45, 2.75) is 212 Å². The lowest BCUT2D eigenvalue weighted by molar-refractivity contribution is -0.418. The van der Waals surface area contributed by atoms with Gasteiger partial charge in [0.05, 0.1) is 50.8 Å². The molecule has 3 aromatic heterocycles. The van der Waals surface area contributed by atoms with E-state index in [4.69, 9.17) is 43.3 Å². The highest BCUT2D eigenvalue weighted by atomic mass is 35.5. The van der Waals surface area contributed by atoms with Gasteiger partial charge in [-0.05, 0) is 187 Å². The number of nitrogens with zero attached hydrogens (tertiary/aromatic N) is 3. The Hall–Kier alpha value is -13.0. The molecule has 11 N–H and O–H groups in total. The van der Waals surface area contributed by atoms with Crippen LogP contribution in [0.5, 0.6) is 0 Å². The van der Waals surface area contributed by atoms with Crippen molar-refractivity contribution in [3.63, 3.8) is 0 Å². The Labute approximate surface area is 795 Å². The number of carboxylic acid groups (broad SMARTS) is 1. The molecular weight excluding hydrogens is 1880 g/mol. The zero-order valence-corrected chi connectivity index (χ0v) is 81.1. The highest BCUT2D eigenvalue weighted by Gasteiger charge is 2.43. The van der Waals surface area contributed by atoms with Crippen LogP contribution in [0.15, 0.2) is 54.6 Å². The van der Waals surface area contributed by atoms with Crippen molar-refractivity contribution < 1.29 is 167 Å². The van der Waals surface area contributed by atoms with Crippen molar-refractivity contribution in [3.05, 3.63) is 156 Å². The van der Waals surface area contributed by atoms with Gasteiger partial charge in [-0.25, -0.2) is 37.1 Å². The molecule has 30 nitrogen and oxygen atoms in total. The first kappa shape index (κ1) is 122. The standard InChI is InChI=1S/C33H39F4N3O7.C27H30F4N4O5.C23H22F4N2O4.C10H19NO4.2ClH/c1-11-32(9,16-46-29(44)25(17(2)3)39-30(45)47-31(6,7)8)15-23(41)27(42)24-18(4)26(40(10)19(24)5)28(43)38-20-12-13-22(34)21(14-20)33(35,36)37;1-8-26(6,12-40-25(39)20(32)13(2)3)34-24(38)22(36)19-14(4)21(35(7)15(19)5)23(37)33-16-9-10-18(28)17(11-16)27(29,30)31;1-6-22(4,11-30)10-17(31)20(32)18-12(2)19(29(5)13(18)3)21(33)28-14-7-8-16(24)15(9-14)23(25,26)27;1-6(2)7(8(12)13)11-9(14)15-10(3,4)5;;/h1,12-14,17,25H,15-16H2,2-10H3,(H,38,43)(H,39,45);1,9-11,13,20H,12,32H2,2-7H3,(H,33,37)(H,34,38);1,7-9,30H,10-11H2,2-5H3,(H,28,33);6-7H,1-5H3,(H,11,14)(H,12,13);2*1H/t25-,32+;20-,26-;22-;7-;;/m0010../s1. The van der Waals surface area contributed by atoms with E-state index >= 15 is 0 Å². The quantitative estimate of drug-likeness (QED) is 0.00505. The van der Waals surface area contributed by atoms with E-state index in [1.54, 1.807) is 83.1 Å². The molecule has 6 rings (SSSR count). The molecule has 0 aliphatic heterocycles. The molecule has 44 heteroatoms. The van der Waals surface area contributed by atoms with Crippen molar-refractivity contribution >= 4 is 112 Å². The van der Waals surface area contributed by atoms with Crippen LogP contribution in [0.25, 0.3) is 0 Å². The van der Waals surface area contributed by atoms with Crippen LogP contribution in [0.3, 0.4) is 0 Å². The van der Waals surface area contributed by atoms with Gasteiger partial charge >= 0.3 is 48.6 Å². The number of aliphatic hydroxyl groups is 1. The number of aromatic nitrogens is 3. The third kappa shape index (κ3) is 33.2. The summed E-state index contributed by atoms with van der Waals surface area (Å²) >= 11 is 0.